The predicted octanol–water partition coefficient (Wildman–Crippen LogP) is 3.80. The molecule has 12 heteroatoms. The highest BCUT2D eigenvalue weighted by atomic mass is 19.1. The summed E-state index contributed by atoms with van der Waals surface area (Å²) in [6.45, 7) is 4.51. The Bertz CT molecular complexity index is 1590. The lowest BCUT2D eigenvalue weighted by Crippen LogP contribution is -2.55. The molecule has 10 nitrogen and oxygen atoms in total. The van der Waals surface area contributed by atoms with E-state index in [9.17, 15) is 18.8 Å². The van der Waals surface area contributed by atoms with Crippen molar-refractivity contribution in [3.63, 3.8) is 0 Å². The lowest BCUT2D eigenvalue weighted by atomic mass is 9.89. The summed E-state index contributed by atoms with van der Waals surface area (Å²) in [5, 5.41) is 10.1. The van der Waals surface area contributed by atoms with E-state index < -0.39 is 23.9 Å². The van der Waals surface area contributed by atoms with Gasteiger partial charge >= 0.3 is 6.01 Å². The van der Waals surface area contributed by atoms with Crippen LogP contribution in [0.25, 0.3) is 22.3 Å². The molecule has 2 aliphatic heterocycles. The largest absolute Gasteiger partial charge is 0.462 e. The molecule has 0 radical (unpaired) electrons. The molecule has 2 saturated heterocycles. The molecule has 0 bridgehead atoms. The molecule has 3 aromatic heterocycles. The zero-order chi connectivity index (χ0) is 30.1. The van der Waals surface area contributed by atoms with Crippen LogP contribution in [-0.4, -0.2) is 93.7 Å². The molecule has 3 aliphatic rings. The van der Waals surface area contributed by atoms with Crippen molar-refractivity contribution in [3.8, 4) is 23.3 Å². The second kappa shape index (κ2) is 12.2. The van der Waals surface area contributed by atoms with E-state index in [1.54, 1.807) is 0 Å². The molecule has 0 unspecified atom stereocenters. The maximum atomic E-state index is 14.0. The summed E-state index contributed by atoms with van der Waals surface area (Å²) in [4.78, 5) is 36.6. The zero-order valence-electron chi connectivity index (χ0n) is 24.2. The van der Waals surface area contributed by atoms with Gasteiger partial charge in [-0.25, -0.2) is 13.8 Å². The molecule has 0 spiro atoms. The Labute approximate surface area is 249 Å². The molecule has 224 valence electrons. The number of likely N-dealkylation sites (tertiary alicyclic amines) is 1. The van der Waals surface area contributed by atoms with E-state index in [-0.39, 0.29) is 38.2 Å². The first kappa shape index (κ1) is 28.9. The fourth-order valence-corrected chi connectivity index (χ4v) is 6.44. The molecular weight excluding hydrogens is 554 g/mol. The maximum Gasteiger partial charge on any atom is 0.320 e. The van der Waals surface area contributed by atoms with Crippen LogP contribution in [0.2, 0.25) is 0 Å². The number of alkyl halides is 1. The second-order valence-electron chi connectivity index (χ2n) is 11.5. The van der Waals surface area contributed by atoms with Crippen LogP contribution in [0.15, 0.2) is 36.9 Å². The fraction of sp³-hybridized carbons (Fsp3) is 0.484. The number of nitriles is 1. The summed E-state index contributed by atoms with van der Waals surface area (Å²) in [7, 11) is 1.87. The molecule has 5 heterocycles. The van der Waals surface area contributed by atoms with Gasteiger partial charge in [0.05, 0.1) is 29.6 Å². The number of pyridine rings is 2. The van der Waals surface area contributed by atoms with Gasteiger partial charge in [0.2, 0.25) is 0 Å². The first-order chi connectivity index (χ1) is 20.8. The number of piperazine rings is 1. The third kappa shape index (κ3) is 5.86. The topological polar surface area (TPSA) is 111 Å². The summed E-state index contributed by atoms with van der Waals surface area (Å²) < 4.78 is 33.8. The average molecular weight is 589 g/mol. The van der Waals surface area contributed by atoms with Crippen LogP contribution in [0.5, 0.6) is 6.01 Å². The van der Waals surface area contributed by atoms with Gasteiger partial charge in [0.1, 0.15) is 18.6 Å². The lowest BCUT2D eigenvalue weighted by molar-refractivity contribution is -0.131. The summed E-state index contributed by atoms with van der Waals surface area (Å²) in [5.74, 6) is -1.32. The smallest absolute Gasteiger partial charge is 0.320 e. The Kier molecular flexibility index (Phi) is 8.17. The molecule has 43 heavy (non-hydrogen) atoms. The van der Waals surface area contributed by atoms with Crippen LogP contribution >= 0.6 is 0 Å². The highest BCUT2D eigenvalue weighted by molar-refractivity contribution is 5.92. The maximum absolute atomic E-state index is 14.0. The first-order valence-corrected chi connectivity index (χ1v) is 14.7. The third-order valence-corrected chi connectivity index (χ3v) is 8.71. The molecule has 0 aromatic carbocycles. The van der Waals surface area contributed by atoms with Gasteiger partial charge in [-0.15, -0.1) is 0 Å². The van der Waals surface area contributed by atoms with Crippen molar-refractivity contribution in [2.24, 2.45) is 0 Å². The summed E-state index contributed by atoms with van der Waals surface area (Å²) in [5.41, 5.74) is 4.68. The molecule has 1 aliphatic carbocycles. The van der Waals surface area contributed by atoms with E-state index in [2.05, 4.69) is 22.6 Å². The highest BCUT2D eigenvalue weighted by Crippen LogP contribution is 2.34. The van der Waals surface area contributed by atoms with Crippen LogP contribution in [0, 0.1) is 11.3 Å². The van der Waals surface area contributed by atoms with Gasteiger partial charge < -0.3 is 14.5 Å². The predicted molar refractivity (Wildman–Crippen MR) is 157 cm³/mol. The summed E-state index contributed by atoms with van der Waals surface area (Å²) in [6, 6.07) is 5.42. The quantitative estimate of drug-likeness (QED) is 0.381. The number of carbonyl (C=O) groups excluding carboxylic acids is 1. The molecule has 2 fully saturated rings. The van der Waals surface area contributed by atoms with Gasteiger partial charge in [0, 0.05) is 50.2 Å². The van der Waals surface area contributed by atoms with Crippen LogP contribution in [0.3, 0.4) is 0 Å². The number of carbonyl (C=O) groups is 1. The second-order valence-corrected chi connectivity index (χ2v) is 11.5. The average Bonchev–Trinajstić information content (AvgIpc) is 3.34. The number of nitrogens with zero attached hydrogens (tertiary/aromatic N) is 8. The minimum absolute atomic E-state index is 0.0226. The summed E-state index contributed by atoms with van der Waals surface area (Å²) in [6.07, 6.45) is 7.50. The Hall–Kier alpha value is -4.24. The van der Waals surface area contributed by atoms with Crippen molar-refractivity contribution < 1.29 is 18.3 Å². The normalized spacial score (nSPS) is 22.3. The SMILES string of the molecule is C=C(F)C(=O)N1CCN(c2nc(OC[C@@H]3C[C@@H](F)CN3C)nc3nc(-c4cncc5c4CCCC5)ccc23)C[C@@H]1CC#N. The van der Waals surface area contributed by atoms with Crippen molar-refractivity contribution in [1.29, 1.82) is 5.26 Å². The van der Waals surface area contributed by atoms with Crippen LogP contribution in [0.1, 0.15) is 36.8 Å². The molecule has 3 atom stereocenters. The number of amides is 1. The zero-order valence-corrected chi connectivity index (χ0v) is 24.2. The summed E-state index contributed by atoms with van der Waals surface area (Å²) >= 11 is 0. The molecule has 0 saturated carbocycles. The number of aromatic nitrogens is 4. The Morgan fingerprint density at radius 2 is 1.98 bits per heavy atom. The van der Waals surface area contributed by atoms with Gasteiger partial charge in [-0.3, -0.25) is 14.7 Å². The van der Waals surface area contributed by atoms with Gasteiger partial charge in [-0.1, -0.05) is 6.58 Å². The Morgan fingerprint density at radius 1 is 1.14 bits per heavy atom. The number of fused-ring (bicyclic) bond motifs is 2. The van der Waals surface area contributed by atoms with Gasteiger partial charge in [0.15, 0.2) is 11.5 Å². The number of likely N-dealkylation sites (N-methyl/N-ethyl adjacent to an activating group) is 1. The van der Waals surface area contributed by atoms with E-state index >= 15 is 0 Å². The number of halogens is 2. The van der Waals surface area contributed by atoms with Gasteiger partial charge in [-0.05, 0) is 62.4 Å². The minimum Gasteiger partial charge on any atom is -0.462 e. The van der Waals surface area contributed by atoms with Crippen molar-refractivity contribution in [2.45, 2.75) is 56.8 Å². The number of ether oxygens (including phenoxy) is 1. The van der Waals surface area contributed by atoms with Crippen molar-refractivity contribution in [2.75, 3.05) is 44.7 Å². The van der Waals surface area contributed by atoms with E-state index in [0.29, 0.717) is 36.4 Å². The van der Waals surface area contributed by atoms with E-state index in [1.807, 2.05) is 41.4 Å². The van der Waals surface area contributed by atoms with E-state index in [1.165, 1.54) is 16.0 Å². The third-order valence-electron chi connectivity index (χ3n) is 8.71. The van der Waals surface area contributed by atoms with Crippen molar-refractivity contribution >= 4 is 22.8 Å². The number of anilines is 1. The van der Waals surface area contributed by atoms with Crippen LogP contribution in [-0.2, 0) is 17.6 Å². The first-order valence-electron chi connectivity index (χ1n) is 14.7. The van der Waals surface area contributed by atoms with Gasteiger partial charge in [0.25, 0.3) is 5.91 Å². The number of rotatable bonds is 7. The number of aryl methyl sites for hydroxylation is 1. The Morgan fingerprint density at radius 3 is 2.74 bits per heavy atom. The fourth-order valence-electron chi connectivity index (χ4n) is 6.44. The number of hydrogen-bond acceptors (Lipinski definition) is 9. The molecule has 6 rings (SSSR count). The highest BCUT2D eigenvalue weighted by Gasteiger charge is 2.34. The number of hydrogen-bond donors (Lipinski definition) is 0. The van der Waals surface area contributed by atoms with Crippen molar-refractivity contribution in [3.05, 3.63) is 48.1 Å². The molecule has 1 amide bonds. The van der Waals surface area contributed by atoms with E-state index in [0.717, 1.165) is 36.9 Å². The lowest BCUT2D eigenvalue weighted by Gasteiger charge is -2.41. The monoisotopic (exact) mass is 588 g/mol. The molecular formula is C31H34F2N8O2. The van der Waals surface area contributed by atoms with Crippen LogP contribution < -0.4 is 9.64 Å². The standard InChI is InChI=1S/C31H34F2N8O2/c1-19(32)30(42)41-12-11-40(17-22(41)9-10-34)29-25-7-8-27(26-15-35-14-20-5-3-4-6-24(20)26)36-28(25)37-31(38-29)43-18-23-13-21(33)16-39(23)2/h7-8,14-15,21-23H,1,3-6,9,11-13,16-18H2,2H3/t21-,22+,23+/m1/s1. The Balaban J connectivity index is 1.38. The van der Waals surface area contributed by atoms with Crippen LogP contribution in [0.4, 0.5) is 14.6 Å². The molecule has 0 N–H and O–H groups in total. The van der Waals surface area contributed by atoms with Crippen molar-refractivity contribution in [1.82, 2.24) is 29.7 Å². The minimum atomic E-state index is -1.05. The van der Waals surface area contributed by atoms with E-state index in [4.69, 9.17) is 14.7 Å². The molecule has 3 aromatic rings. The van der Waals surface area contributed by atoms with Gasteiger partial charge in [-0.2, -0.15) is 15.2 Å².